The number of hydrogen-bond acceptors (Lipinski definition) is 5. The molecule has 0 spiro atoms. The summed E-state index contributed by atoms with van der Waals surface area (Å²) in [5.41, 5.74) is 3.90. The molecule has 3 aromatic rings. The highest BCUT2D eigenvalue weighted by Gasteiger charge is 2.44. The van der Waals surface area contributed by atoms with Crippen LogP contribution in [0.5, 0.6) is 11.5 Å². The van der Waals surface area contributed by atoms with Gasteiger partial charge in [0.15, 0.2) is 5.78 Å². The van der Waals surface area contributed by atoms with Gasteiger partial charge in [-0.2, -0.15) is 0 Å². The first-order valence-electron chi connectivity index (χ1n) is 10.6. The smallest absolute Gasteiger partial charge is 0.404 e. The quantitative estimate of drug-likeness (QED) is 0.341. The molecule has 4 N–H and O–H groups in total. The van der Waals surface area contributed by atoms with Crippen molar-refractivity contribution >= 4 is 21.4 Å². The molecule has 184 valence electrons. The van der Waals surface area contributed by atoms with Gasteiger partial charge in [-0.15, -0.1) is 0 Å². The average Bonchev–Trinajstić information content (AvgIpc) is 2.98. The van der Waals surface area contributed by atoms with Crippen molar-refractivity contribution in [1.82, 2.24) is 0 Å². The van der Waals surface area contributed by atoms with Crippen molar-refractivity contribution in [2.45, 2.75) is 32.6 Å². The van der Waals surface area contributed by atoms with E-state index in [1.165, 1.54) is 18.2 Å². The van der Waals surface area contributed by atoms with Gasteiger partial charge in [-0.05, 0) is 67.3 Å². The van der Waals surface area contributed by atoms with Gasteiger partial charge in [0.25, 0.3) is 0 Å². The number of Topliss-reactive ketones (excluding diaryl/α,β-unsaturated/α-hetero) is 1. The van der Waals surface area contributed by atoms with Crippen molar-refractivity contribution in [1.29, 1.82) is 0 Å². The van der Waals surface area contributed by atoms with E-state index in [0.717, 1.165) is 5.56 Å². The number of phosphoric acid groups is 2. The second kappa shape index (κ2) is 9.03. The maximum absolute atomic E-state index is 13.7. The predicted octanol–water partition coefficient (Wildman–Crippen LogP) is 4.67. The van der Waals surface area contributed by atoms with E-state index >= 15 is 0 Å². The van der Waals surface area contributed by atoms with Crippen LogP contribution in [0.3, 0.4) is 0 Å². The minimum Gasteiger partial charge on any atom is -0.404 e. The van der Waals surface area contributed by atoms with Gasteiger partial charge in [-0.1, -0.05) is 35.9 Å². The molecule has 0 amide bonds. The van der Waals surface area contributed by atoms with Gasteiger partial charge in [0.05, 0.1) is 5.92 Å². The van der Waals surface area contributed by atoms with Crippen molar-refractivity contribution in [3.05, 3.63) is 93.5 Å². The van der Waals surface area contributed by atoms with E-state index in [1.807, 2.05) is 31.2 Å². The lowest BCUT2D eigenvalue weighted by Crippen LogP contribution is -2.13. The van der Waals surface area contributed by atoms with E-state index in [-0.39, 0.29) is 22.8 Å². The van der Waals surface area contributed by atoms with E-state index < -0.39 is 27.5 Å². The summed E-state index contributed by atoms with van der Waals surface area (Å²) in [7, 11) is -9.82. The Morgan fingerprint density at radius 2 is 1.29 bits per heavy atom. The number of aryl methyl sites for hydroxylation is 3. The lowest BCUT2D eigenvalue weighted by Gasteiger charge is -2.23. The molecule has 0 aliphatic heterocycles. The first kappa shape index (κ1) is 25.3. The highest BCUT2D eigenvalue weighted by Crippen LogP contribution is 2.54. The molecule has 9 nitrogen and oxygen atoms in total. The molecule has 0 saturated heterocycles. The average molecular weight is 518 g/mol. The fraction of sp³-hybridized carbons (Fsp3) is 0.208. The molecule has 0 bridgehead atoms. The molecule has 3 aromatic carbocycles. The molecule has 0 heterocycles. The van der Waals surface area contributed by atoms with Crippen LogP contribution < -0.4 is 9.05 Å². The van der Waals surface area contributed by atoms with E-state index in [0.29, 0.717) is 27.8 Å². The molecule has 4 rings (SSSR count). The molecule has 11 heteroatoms. The highest BCUT2D eigenvalue weighted by atomic mass is 31.2. The van der Waals surface area contributed by atoms with E-state index in [2.05, 4.69) is 0 Å². The van der Waals surface area contributed by atoms with Crippen LogP contribution in [0.25, 0.3) is 0 Å². The van der Waals surface area contributed by atoms with Crippen molar-refractivity contribution in [3.63, 3.8) is 0 Å². The standard InChI is InChI=1S/C24H24O9P2/c1-13-4-6-16(7-5-13)22-21(17-8-14(2)9-18(12-17)32-34(26,27)28)23-19(24(22)25)10-15(3)11-20(23)33-35(29,30)31/h4-12,21-22H,1-3H3,(H2,26,27,28)(H2,29,30,31)/t21-,22-/m0/s1. The van der Waals surface area contributed by atoms with Crippen LogP contribution in [0.1, 0.15) is 55.6 Å². The minimum absolute atomic E-state index is 0.0959. The van der Waals surface area contributed by atoms with Gasteiger partial charge in [0, 0.05) is 17.0 Å². The maximum atomic E-state index is 13.7. The Kier molecular flexibility index (Phi) is 6.53. The number of carbonyl (C=O) groups is 1. The number of phosphoric ester groups is 2. The summed E-state index contributed by atoms with van der Waals surface area (Å²) >= 11 is 0. The minimum atomic E-state index is -4.96. The summed E-state index contributed by atoms with van der Waals surface area (Å²) < 4.78 is 33.1. The monoisotopic (exact) mass is 518 g/mol. The van der Waals surface area contributed by atoms with Crippen molar-refractivity contribution < 1.29 is 42.5 Å². The number of ketones is 1. The third kappa shape index (κ3) is 5.57. The molecule has 35 heavy (non-hydrogen) atoms. The largest absolute Gasteiger partial charge is 0.524 e. The van der Waals surface area contributed by atoms with Gasteiger partial charge in [-0.3, -0.25) is 24.4 Å². The number of hydrogen-bond donors (Lipinski definition) is 4. The van der Waals surface area contributed by atoms with Crippen LogP contribution in [-0.4, -0.2) is 25.4 Å². The fourth-order valence-corrected chi connectivity index (χ4v) is 5.39. The van der Waals surface area contributed by atoms with Crippen LogP contribution in [0.15, 0.2) is 54.6 Å². The highest BCUT2D eigenvalue weighted by molar-refractivity contribution is 7.47. The summed E-state index contributed by atoms with van der Waals surface area (Å²) in [5, 5.41) is 0. The molecule has 0 unspecified atom stereocenters. The Balaban J connectivity index is 1.99. The molecular formula is C24H24O9P2. The first-order chi connectivity index (χ1) is 16.2. The van der Waals surface area contributed by atoms with Gasteiger partial charge >= 0.3 is 15.6 Å². The van der Waals surface area contributed by atoms with Crippen molar-refractivity contribution in [3.8, 4) is 11.5 Å². The molecule has 1 aliphatic carbocycles. The number of rotatable bonds is 6. The van der Waals surface area contributed by atoms with E-state index in [4.69, 9.17) is 9.05 Å². The third-order valence-corrected chi connectivity index (χ3v) is 6.67. The van der Waals surface area contributed by atoms with Gasteiger partial charge in [0.1, 0.15) is 11.5 Å². The lowest BCUT2D eigenvalue weighted by atomic mass is 9.80. The summed E-state index contributed by atoms with van der Waals surface area (Å²) in [6, 6.07) is 15.1. The molecule has 1 aliphatic rings. The number of fused-ring (bicyclic) bond motifs is 1. The second-order valence-electron chi connectivity index (χ2n) is 8.70. The predicted molar refractivity (Wildman–Crippen MR) is 128 cm³/mol. The maximum Gasteiger partial charge on any atom is 0.524 e. The Hall–Kier alpha value is -2.77. The number of carbonyl (C=O) groups excluding carboxylic acids is 1. The normalized spacial score (nSPS) is 17.9. The van der Waals surface area contributed by atoms with Gasteiger partial charge in [0.2, 0.25) is 0 Å². The zero-order chi connectivity index (χ0) is 25.7. The lowest BCUT2D eigenvalue weighted by molar-refractivity contribution is 0.0968. The van der Waals surface area contributed by atoms with Crippen molar-refractivity contribution in [2.75, 3.05) is 0 Å². The summed E-state index contributed by atoms with van der Waals surface area (Å²) in [4.78, 5) is 51.4. The zero-order valence-corrected chi connectivity index (χ0v) is 20.9. The van der Waals surface area contributed by atoms with Crippen LogP contribution >= 0.6 is 15.6 Å². The number of benzene rings is 3. The third-order valence-electron chi connectivity index (χ3n) is 5.79. The SMILES string of the molecule is Cc1ccc([C@@H]2C(=O)c3cc(C)cc(OP(=O)(O)O)c3[C@H]2c2cc(C)cc(OP(=O)(O)O)c2)cc1. The van der Waals surface area contributed by atoms with Gasteiger partial charge < -0.3 is 9.05 Å². The fourth-order valence-electron chi connectivity index (χ4n) is 4.60. The van der Waals surface area contributed by atoms with Crippen LogP contribution in [-0.2, 0) is 9.13 Å². The van der Waals surface area contributed by atoms with Crippen LogP contribution in [0.4, 0.5) is 0 Å². The summed E-state index contributed by atoms with van der Waals surface area (Å²) in [6.45, 7) is 5.30. The van der Waals surface area contributed by atoms with Gasteiger partial charge in [-0.25, -0.2) is 9.13 Å². The molecule has 0 aromatic heterocycles. The zero-order valence-electron chi connectivity index (χ0n) is 19.1. The second-order valence-corrected chi connectivity index (χ2v) is 11.0. The molecule has 0 radical (unpaired) electrons. The summed E-state index contributed by atoms with van der Waals surface area (Å²) in [6.07, 6.45) is 0. The topological polar surface area (TPSA) is 151 Å². The van der Waals surface area contributed by atoms with Crippen molar-refractivity contribution in [2.24, 2.45) is 0 Å². The molecule has 0 saturated carbocycles. The summed E-state index contributed by atoms with van der Waals surface area (Å²) in [5.74, 6) is -2.01. The Morgan fingerprint density at radius 1 is 0.686 bits per heavy atom. The van der Waals surface area contributed by atoms with E-state index in [9.17, 15) is 33.5 Å². The van der Waals surface area contributed by atoms with Crippen LogP contribution in [0.2, 0.25) is 0 Å². The Labute approximate surface area is 201 Å². The Bertz CT molecular complexity index is 1400. The Morgan fingerprint density at radius 3 is 1.89 bits per heavy atom. The van der Waals surface area contributed by atoms with E-state index in [1.54, 1.807) is 26.0 Å². The molecule has 0 fully saturated rings. The molecular weight excluding hydrogens is 494 g/mol. The molecule has 2 atom stereocenters. The first-order valence-corrected chi connectivity index (χ1v) is 13.6. The van der Waals surface area contributed by atoms with Crippen LogP contribution in [0, 0.1) is 20.8 Å².